The highest BCUT2D eigenvalue weighted by molar-refractivity contribution is 6.31. The van der Waals surface area contributed by atoms with Crippen molar-refractivity contribution in [1.29, 1.82) is 0 Å². The third-order valence-electron chi connectivity index (χ3n) is 5.06. The van der Waals surface area contributed by atoms with E-state index in [1.807, 2.05) is 12.1 Å². The molecule has 3 fully saturated rings. The fraction of sp³-hybridized carbons (Fsp3) is 0.444. The summed E-state index contributed by atoms with van der Waals surface area (Å²) in [7, 11) is 0. The van der Waals surface area contributed by atoms with E-state index in [-0.39, 0.29) is 5.02 Å². The number of rotatable bonds is 4. The van der Waals surface area contributed by atoms with Gasteiger partial charge in [-0.3, -0.25) is 0 Å². The van der Waals surface area contributed by atoms with E-state index in [4.69, 9.17) is 16.0 Å². The van der Waals surface area contributed by atoms with Gasteiger partial charge in [0.05, 0.1) is 11.6 Å². The maximum Gasteiger partial charge on any atom is 0.141 e. The molecule has 1 unspecified atom stereocenters. The zero-order chi connectivity index (χ0) is 15.8. The predicted octanol–water partition coefficient (Wildman–Crippen LogP) is 3.92. The van der Waals surface area contributed by atoms with E-state index in [0.29, 0.717) is 6.04 Å². The van der Waals surface area contributed by atoms with E-state index < -0.39 is 5.82 Å². The summed E-state index contributed by atoms with van der Waals surface area (Å²) in [5.74, 6) is 2.01. The molecule has 0 aliphatic carbocycles. The van der Waals surface area contributed by atoms with E-state index in [2.05, 4.69) is 10.2 Å². The molecule has 0 saturated carbocycles. The molecular weight excluding hydrogens is 315 g/mol. The first-order valence-electron chi connectivity index (χ1n) is 8.19. The standard InChI is InChI=1S/C18H20ClFN2O/c19-15-9-13(1-3-16(15)20)18-4-2-14(23-18)10-21-17-11-22-7-5-12(17)6-8-22/h1-4,9,12,17,21H,5-8,10-11H2. The molecule has 1 aromatic heterocycles. The molecule has 1 atom stereocenters. The second-order valence-corrected chi connectivity index (χ2v) is 6.93. The zero-order valence-corrected chi connectivity index (χ0v) is 13.7. The highest BCUT2D eigenvalue weighted by Gasteiger charge is 2.33. The Bertz CT molecular complexity index is 694. The molecule has 3 saturated heterocycles. The fourth-order valence-corrected chi connectivity index (χ4v) is 3.89. The van der Waals surface area contributed by atoms with Crippen LogP contribution in [0.15, 0.2) is 34.7 Å². The Hall–Kier alpha value is -1.36. The van der Waals surface area contributed by atoms with Crippen molar-refractivity contribution >= 4 is 11.6 Å². The van der Waals surface area contributed by atoms with Crippen LogP contribution >= 0.6 is 11.6 Å². The van der Waals surface area contributed by atoms with Gasteiger partial charge < -0.3 is 14.6 Å². The molecule has 23 heavy (non-hydrogen) atoms. The summed E-state index contributed by atoms with van der Waals surface area (Å²) in [5.41, 5.74) is 0.797. The van der Waals surface area contributed by atoms with Crippen molar-refractivity contribution in [3.05, 3.63) is 46.9 Å². The number of nitrogens with one attached hydrogen (secondary N) is 1. The Kier molecular flexibility index (Phi) is 4.14. The van der Waals surface area contributed by atoms with Crippen LogP contribution in [0, 0.1) is 11.7 Å². The van der Waals surface area contributed by atoms with Crippen molar-refractivity contribution in [2.75, 3.05) is 19.6 Å². The summed E-state index contributed by atoms with van der Waals surface area (Å²) in [6.07, 6.45) is 2.60. The lowest BCUT2D eigenvalue weighted by Crippen LogP contribution is -2.55. The summed E-state index contributed by atoms with van der Waals surface area (Å²) >= 11 is 5.84. The van der Waals surface area contributed by atoms with E-state index in [1.165, 1.54) is 32.0 Å². The number of furan rings is 1. The van der Waals surface area contributed by atoms with Gasteiger partial charge in [-0.15, -0.1) is 0 Å². The lowest BCUT2D eigenvalue weighted by atomic mass is 9.84. The third-order valence-corrected chi connectivity index (χ3v) is 5.35. The Morgan fingerprint density at radius 1 is 1.22 bits per heavy atom. The van der Waals surface area contributed by atoms with Crippen molar-refractivity contribution in [1.82, 2.24) is 10.2 Å². The van der Waals surface area contributed by atoms with Gasteiger partial charge in [-0.25, -0.2) is 4.39 Å². The van der Waals surface area contributed by atoms with E-state index in [9.17, 15) is 4.39 Å². The number of nitrogens with zero attached hydrogens (tertiary/aromatic N) is 1. The quantitative estimate of drug-likeness (QED) is 0.918. The van der Waals surface area contributed by atoms with E-state index in [0.717, 1.165) is 36.1 Å². The zero-order valence-electron chi connectivity index (χ0n) is 12.9. The number of benzene rings is 1. The molecule has 3 aliphatic rings. The van der Waals surface area contributed by atoms with Gasteiger partial charge in [0.15, 0.2) is 0 Å². The molecule has 3 aliphatic heterocycles. The molecule has 122 valence electrons. The number of fused-ring (bicyclic) bond motifs is 3. The summed E-state index contributed by atoms with van der Waals surface area (Å²) in [4.78, 5) is 2.53. The van der Waals surface area contributed by atoms with Crippen molar-refractivity contribution in [3.63, 3.8) is 0 Å². The van der Waals surface area contributed by atoms with E-state index in [1.54, 1.807) is 12.1 Å². The van der Waals surface area contributed by atoms with E-state index >= 15 is 0 Å². The molecule has 0 spiro atoms. The van der Waals surface area contributed by atoms with Crippen LogP contribution in [0.5, 0.6) is 0 Å². The van der Waals surface area contributed by atoms with Gasteiger partial charge in [0, 0.05) is 18.2 Å². The second-order valence-electron chi connectivity index (χ2n) is 6.52. The van der Waals surface area contributed by atoms with Gasteiger partial charge in [0.2, 0.25) is 0 Å². The van der Waals surface area contributed by atoms with Gasteiger partial charge in [0.25, 0.3) is 0 Å². The van der Waals surface area contributed by atoms with Gasteiger partial charge in [-0.2, -0.15) is 0 Å². The molecule has 0 radical (unpaired) electrons. The van der Waals surface area contributed by atoms with Crippen LogP contribution in [0.4, 0.5) is 4.39 Å². The Morgan fingerprint density at radius 2 is 2.04 bits per heavy atom. The van der Waals surface area contributed by atoms with Crippen LogP contribution in [-0.2, 0) is 6.54 Å². The SMILES string of the molecule is Fc1ccc(-c2ccc(CNC3CN4CCC3CC4)o2)cc1Cl. The number of hydrogen-bond acceptors (Lipinski definition) is 3. The highest BCUT2D eigenvalue weighted by Crippen LogP contribution is 2.29. The van der Waals surface area contributed by atoms with Crippen LogP contribution in [-0.4, -0.2) is 30.6 Å². The van der Waals surface area contributed by atoms with Gasteiger partial charge in [-0.1, -0.05) is 11.6 Å². The predicted molar refractivity (Wildman–Crippen MR) is 88.9 cm³/mol. The van der Waals surface area contributed by atoms with Crippen molar-refractivity contribution in [2.45, 2.75) is 25.4 Å². The van der Waals surface area contributed by atoms with Crippen LogP contribution in [0.1, 0.15) is 18.6 Å². The Labute approximate surface area is 140 Å². The van der Waals surface area contributed by atoms with Crippen molar-refractivity contribution in [3.8, 4) is 11.3 Å². The van der Waals surface area contributed by atoms with Crippen molar-refractivity contribution < 1.29 is 8.81 Å². The van der Waals surface area contributed by atoms with Gasteiger partial charge in [-0.05, 0) is 62.2 Å². The number of piperidine rings is 3. The monoisotopic (exact) mass is 334 g/mol. The van der Waals surface area contributed by atoms with Crippen LogP contribution < -0.4 is 5.32 Å². The Morgan fingerprint density at radius 3 is 2.74 bits per heavy atom. The first-order chi connectivity index (χ1) is 11.2. The summed E-state index contributed by atoms with van der Waals surface area (Å²) < 4.78 is 19.1. The largest absolute Gasteiger partial charge is 0.460 e. The minimum Gasteiger partial charge on any atom is -0.460 e. The molecule has 1 N–H and O–H groups in total. The van der Waals surface area contributed by atoms with Gasteiger partial charge >= 0.3 is 0 Å². The highest BCUT2D eigenvalue weighted by atomic mass is 35.5. The van der Waals surface area contributed by atoms with Gasteiger partial charge in [0.1, 0.15) is 17.3 Å². The lowest BCUT2D eigenvalue weighted by Gasteiger charge is -2.45. The van der Waals surface area contributed by atoms with Crippen LogP contribution in [0.3, 0.4) is 0 Å². The maximum absolute atomic E-state index is 13.2. The summed E-state index contributed by atoms with van der Waals surface area (Å²) in [6.45, 7) is 4.37. The number of halogens is 2. The second kappa shape index (κ2) is 6.27. The normalized spacial score (nSPS) is 26.6. The molecule has 4 heterocycles. The lowest BCUT2D eigenvalue weighted by molar-refractivity contribution is 0.0711. The van der Waals surface area contributed by atoms with Crippen molar-refractivity contribution in [2.24, 2.45) is 5.92 Å². The molecule has 0 amide bonds. The molecule has 1 aromatic carbocycles. The first kappa shape index (κ1) is 15.2. The number of hydrogen-bond donors (Lipinski definition) is 1. The molecule has 3 nitrogen and oxygen atoms in total. The molecule has 2 bridgehead atoms. The Balaban J connectivity index is 1.41. The average Bonchev–Trinajstić information content (AvgIpc) is 3.05. The topological polar surface area (TPSA) is 28.4 Å². The summed E-state index contributed by atoms with van der Waals surface area (Å²) in [6, 6.07) is 9.10. The molecule has 2 aromatic rings. The average molecular weight is 335 g/mol. The van der Waals surface area contributed by atoms with Crippen LogP contribution in [0.25, 0.3) is 11.3 Å². The molecule has 5 rings (SSSR count). The first-order valence-corrected chi connectivity index (χ1v) is 8.57. The third kappa shape index (κ3) is 3.16. The smallest absolute Gasteiger partial charge is 0.141 e. The molecule has 5 heteroatoms. The minimum absolute atomic E-state index is 0.117. The molecular formula is C18H20ClFN2O. The maximum atomic E-state index is 13.2. The summed E-state index contributed by atoms with van der Waals surface area (Å²) in [5, 5.41) is 3.75. The fourth-order valence-electron chi connectivity index (χ4n) is 3.71. The van der Waals surface area contributed by atoms with Crippen LogP contribution in [0.2, 0.25) is 5.02 Å². The minimum atomic E-state index is -0.411.